The standard InChI is InChI=1S/C10H11N3O2S2/c1-6-4-16-10(12-6)17-5-8-7(2-3-15-8)9(14)13-11/h2-4H,5,11H2,1H3,(H,13,14). The molecule has 0 radical (unpaired) electrons. The topological polar surface area (TPSA) is 81.2 Å². The van der Waals surface area contributed by atoms with Gasteiger partial charge in [-0.2, -0.15) is 0 Å². The van der Waals surface area contributed by atoms with Gasteiger partial charge in [-0.3, -0.25) is 10.2 Å². The van der Waals surface area contributed by atoms with E-state index >= 15 is 0 Å². The maximum Gasteiger partial charge on any atom is 0.268 e. The van der Waals surface area contributed by atoms with Gasteiger partial charge in [0, 0.05) is 11.1 Å². The van der Waals surface area contributed by atoms with Gasteiger partial charge in [-0.1, -0.05) is 11.8 Å². The number of rotatable bonds is 4. The lowest BCUT2D eigenvalue weighted by molar-refractivity contribution is 0.0952. The molecule has 0 fully saturated rings. The highest BCUT2D eigenvalue weighted by Gasteiger charge is 2.14. The average Bonchev–Trinajstić information content (AvgIpc) is 2.94. The van der Waals surface area contributed by atoms with Gasteiger partial charge in [0.1, 0.15) is 5.76 Å². The molecule has 2 rings (SSSR count). The van der Waals surface area contributed by atoms with Crippen LogP contribution in [-0.2, 0) is 5.75 Å². The third kappa shape index (κ3) is 2.87. The zero-order chi connectivity index (χ0) is 12.3. The number of carbonyl (C=O) groups is 1. The molecule has 1 amide bonds. The Kier molecular flexibility index (Phi) is 3.82. The summed E-state index contributed by atoms with van der Waals surface area (Å²) in [5.41, 5.74) is 3.55. The van der Waals surface area contributed by atoms with Crippen molar-refractivity contribution in [3.63, 3.8) is 0 Å². The summed E-state index contributed by atoms with van der Waals surface area (Å²) in [6, 6.07) is 1.60. The summed E-state index contributed by atoms with van der Waals surface area (Å²) in [6.45, 7) is 1.95. The van der Waals surface area contributed by atoms with Crippen LogP contribution in [0.2, 0.25) is 0 Å². The van der Waals surface area contributed by atoms with Crippen molar-refractivity contribution < 1.29 is 9.21 Å². The molecule has 0 aliphatic rings. The molecule has 90 valence electrons. The van der Waals surface area contributed by atoms with E-state index in [2.05, 4.69) is 10.4 Å². The van der Waals surface area contributed by atoms with Crippen LogP contribution in [0.4, 0.5) is 0 Å². The zero-order valence-corrected chi connectivity index (χ0v) is 10.7. The summed E-state index contributed by atoms with van der Waals surface area (Å²) in [4.78, 5) is 15.7. The van der Waals surface area contributed by atoms with Gasteiger partial charge in [-0.25, -0.2) is 10.8 Å². The Balaban J connectivity index is 2.04. The van der Waals surface area contributed by atoms with Crippen LogP contribution in [0.5, 0.6) is 0 Å². The van der Waals surface area contributed by atoms with E-state index in [1.165, 1.54) is 18.0 Å². The Morgan fingerprint density at radius 1 is 1.71 bits per heavy atom. The molecular weight excluding hydrogens is 258 g/mol. The Hall–Kier alpha value is -1.31. The van der Waals surface area contributed by atoms with E-state index in [9.17, 15) is 4.79 Å². The molecule has 7 heteroatoms. The van der Waals surface area contributed by atoms with Crippen molar-refractivity contribution in [1.29, 1.82) is 0 Å². The van der Waals surface area contributed by atoms with Crippen molar-refractivity contribution in [3.8, 4) is 0 Å². The molecule has 0 aliphatic heterocycles. The van der Waals surface area contributed by atoms with E-state index in [-0.39, 0.29) is 5.91 Å². The number of amides is 1. The first kappa shape index (κ1) is 12.2. The zero-order valence-electron chi connectivity index (χ0n) is 9.10. The summed E-state index contributed by atoms with van der Waals surface area (Å²) >= 11 is 3.11. The fourth-order valence-electron chi connectivity index (χ4n) is 1.26. The van der Waals surface area contributed by atoms with Crippen molar-refractivity contribution in [1.82, 2.24) is 10.4 Å². The molecule has 0 atom stereocenters. The molecule has 3 N–H and O–H groups in total. The normalized spacial score (nSPS) is 10.5. The minimum absolute atomic E-state index is 0.343. The summed E-state index contributed by atoms with van der Waals surface area (Å²) in [5.74, 6) is 5.90. The van der Waals surface area contributed by atoms with Crippen molar-refractivity contribution in [2.75, 3.05) is 0 Å². The van der Waals surface area contributed by atoms with Gasteiger partial charge in [0.05, 0.1) is 17.6 Å². The van der Waals surface area contributed by atoms with Crippen LogP contribution in [-0.4, -0.2) is 10.9 Å². The predicted molar refractivity (Wildman–Crippen MR) is 66.8 cm³/mol. The van der Waals surface area contributed by atoms with Crippen LogP contribution in [0.3, 0.4) is 0 Å². The fraction of sp³-hybridized carbons (Fsp3) is 0.200. The molecule has 5 nitrogen and oxygen atoms in total. The lowest BCUT2D eigenvalue weighted by Gasteiger charge is -1.99. The van der Waals surface area contributed by atoms with Gasteiger partial charge >= 0.3 is 0 Å². The summed E-state index contributed by atoms with van der Waals surface area (Å²) < 4.78 is 6.21. The summed E-state index contributed by atoms with van der Waals surface area (Å²) in [6.07, 6.45) is 1.48. The van der Waals surface area contributed by atoms with Gasteiger partial charge in [0.25, 0.3) is 5.91 Å². The van der Waals surface area contributed by atoms with Crippen LogP contribution < -0.4 is 11.3 Å². The highest BCUT2D eigenvalue weighted by molar-refractivity contribution is 8.00. The molecule has 0 saturated carbocycles. The van der Waals surface area contributed by atoms with Crippen molar-refractivity contribution in [2.45, 2.75) is 17.0 Å². The Morgan fingerprint density at radius 2 is 2.53 bits per heavy atom. The van der Waals surface area contributed by atoms with E-state index in [4.69, 9.17) is 10.3 Å². The minimum Gasteiger partial charge on any atom is -0.468 e. The molecule has 2 aromatic heterocycles. The number of nitrogens with one attached hydrogen (secondary N) is 1. The maximum atomic E-state index is 11.4. The molecular formula is C10H11N3O2S2. The number of aryl methyl sites for hydroxylation is 1. The molecule has 2 heterocycles. The van der Waals surface area contributed by atoms with Crippen molar-refractivity contribution in [3.05, 3.63) is 34.7 Å². The van der Waals surface area contributed by atoms with Crippen LogP contribution in [0.1, 0.15) is 21.8 Å². The quantitative estimate of drug-likeness (QED) is 0.384. The number of nitrogens with zero attached hydrogens (tertiary/aromatic N) is 1. The lowest BCUT2D eigenvalue weighted by atomic mass is 10.2. The van der Waals surface area contributed by atoms with Gasteiger partial charge in [0.2, 0.25) is 0 Å². The van der Waals surface area contributed by atoms with Crippen LogP contribution >= 0.6 is 23.1 Å². The van der Waals surface area contributed by atoms with Gasteiger partial charge in [-0.05, 0) is 13.0 Å². The van der Waals surface area contributed by atoms with Crippen molar-refractivity contribution >= 4 is 29.0 Å². The van der Waals surface area contributed by atoms with Crippen molar-refractivity contribution in [2.24, 2.45) is 5.84 Å². The van der Waals surface area contributed by atoms with E-state index < -0.39 is 0 Å². The van der Waals surface area contributed by atoms with Crippen LogP contribution in [0.15, 0.2) is 26.5 Å². The third-order valence-corrected chi connectivity index (χ3v) is 4.18. The number of nitrogen functional groups attached to an aromatic ring is 1. The Bertz CT molecular complexity index is 521. The summed E-state index contributed by atoms with van der Waals surface area (Å²) in [5, 5.41) is 1.98. The predicted octanol–water partition coefficient (Wildman–Crippen LogP) is 1.94. The fourth-order valence-corrected chi connectivity index (χ4v) is 3.06. The number of aromatic nitrogens is 1. The second-order valence-corrected chi connectivity index (χ2v) is 5.35. The minimum atomic E-state index is -0.343. The molecule has 2 aromatic rings. The largest absolute Gasteiger partial charge is 0.468 e. The molecule has 0 spiro atoms. The second kappa shape index (κ2) is 5.35. The summed E-state index contributed by atoms with van der Waals surface area (Å²) in [7, 11) is 0. The van der Waals surface area contributed by atoms with E-state index in [1.54, 1.807) is 17.4 Å². The number of thioether (sulfide) groups is 1. The van der Waals surface area contributed by atoms with E-state index in [0.29, 0.717) is 17.1 Å². The van der Waals surface area contributed by atoms with E-state index in [0.717, 1.165) is 10.0 Å². The number of hydrogen-bond acceptors (Lipinski definition) is 6. The van der Waals surface area contributed by atoms with Gasteiger partial charge < -0.3 is 4.42 Å². The smallest absolute Gasteiger partial charge is 0.268 e. The first-order valence-electron chi connectivity index (χ1n) is 4.83. The van der Waals surface area contributed by atoms with E-state index in [1.807, 2.05) is 12.3 Å². The second-order valence-electron chi connectivity index (χ2n) is 3.27. The molecule has 0 aromatic carbocycles. The monoisotopic (exact) mass is 269 g/mol. The van der Waals surface area contributed by atoms with Crippen LogP contribution in [0, 0.1) is 6.92 Å². The lowest BCUT2D eigenvalue weighted by Crippen LogP contribution is -2.30. The maximum absolute atomic E-state index is 11.4. The van der Waals surface area contributed by atoms with Crippen LogP contribution in [0.25, 0.3) is 0 Å². The Labute approximate surface area is 106 Å². The number of hydrogen-bond donors (Lipinski definition) is 2. The highest BCUT2D eigenvalue weighted by atomic mass is 32.2. The molecule has 0 unspecified atom stereocenters. The first-order valence-corrected chi connectivity index (χ1v) is 6.69. The number of furan rings is 1. The number of carbonyl (C=O) groups excluding carboxylic acids is 1. The highest BCUT2D eigenvalue weighted by Crippen LogP contribution is 2.27. The molecule has 0 saturated heterocycles. The molecule has 0 bridgehead atoms. The average molecular weight is 269 g/mol. The van der Waals surface area contributed by atoms with Gasteiger partial charge in [0.15, 0.2) is 4.34 Å². The number of hydrazine groups is 1. The molecule has 17 heavy (non-hydrogen) atoms. The number of thiazole rings is 1. The molecule has 0 aliphatic carbocycles. The first-order chi connectivity index (χ1) is 8.20. The third-order valence-electron chi connectivity index (χ3n) is 2.05. The van der Waals surface area contributed by atoms with Gasteiger partial charge in [-0.15, -0.1) is 11.3 Å². The Morgan fingerprint density at radius 3 is 3.18 bits per heavy atom. The SMILES string of the molecule is Cc1csc(SCc2occc2C(=O)NN)n1. The number of nitrogens with two attached hydrogens (primary N) is 1.